The predicted molar refractivity (Wildman–Crippen MR) is 78.7 cm³/mol. The van der Waals surface area contributed by atoms with Gasteiger partial charge in [0, 0.05) is 24.9 Å². The molecule has 2 atom stereocenters. The Morgan fingerprint density at radius 2 is 2.20 bits per heavy atom. The van der Waals surface area contributed by atoms with Gasteiger partial charge in [-0.05, 0) is 37.3 Å². The maximum absolute atomic E-state index is 12.6. The lowest BCUT2D eigenvalue weighted by molar-refractivity contribution is -0.122. The van der Waals surface area contributed by atoms with Crippen LogP contribution < -0.4 is 10.6 Å². The second kappa shape index (κ2) is 5.94. The molecular formula is C16H22N2O2. The molecule has 1 aromatic carbocycles. The lowest BCUT2D eigenvalue weighted by Gasteiger charge is -2.34. The van der Waals surface area contributed by atoms with Gasteiger partial charge >= 0.3 is 0 Å². The van der Waals surface area contributed by atoms with Crippen LogP contribution in [0.5, 0.6) is 0 Å². The summed E-state index contributed by atoms with van der Waals surface area (Å²) in [6, 6.07) is 8.09. The minimum absolute atomic E-state index is 0.0288. The van der Waals surface area contributed by atoms with E-state index in [1.807, 2.05) is 23.1 Å². The SMILES string of the molecule is NC1Cc2ccccc2N(C(=O)CC2CCCCO2)C1. The summed E-state index contributed by atoms with van der Waals surface area (Å²) in [5, 5.41) is 0. The van der Waals surface area contributed by atoms with Crippen molar-refractivity contribution in [2.75, 3.05) is 18.1 Å². The fraction of sp³-hybridized carbons (Fsp3) is 0.562. The quantitative estimate of drug-likeness (QED) is 0.895. The van der Waals surface area contributed by atoms with E-state index in [2.05, 4.69) is 6.07 Å². The fourth-order valence-corrected chi connectivity index (χ4v) is 3.14. The largest absolute Gasteiger partial charge is 0.378 e. The number of hydrogen-bond acceptors (Lipinski definition) is 3. The summed E-state index contributed by atoms with van der Waals surface area (Å²) in [7, 11) is 0. The van der Waals surface area contributed by atoms with Crippen LogP contribution in [0, 0.1) is 0 Å². The second-order valence-corrected chi connectivity index (χ2v) is 5.79. The number of hydrogen-bond donors (Lipinski definition) is 1. The predicted octanol–water partition coefficient (Wildman–Crippen LogP) is 1.86. The first kappa shape index (κ1) is 13.6. The molecule has 108 valence electrons. The Labute approximate surface area is 119 Å². The van der Waals surface area contributed by atoms with Crippen molar-refractivity contribution in [1.29, 1.82) is 0 Å². The zero-order valence-corrected chi connectivity index (χ0v) is 11.8. The smallest absolute Gasteiger partial charge is 0.229 e. The zero-order valence-electron chi connectivity index (χ0n) is 11.8. The van der Waals surface area contributed by atoms with Gasteiger partial charge < -0.3 is 15.4 Å². The van der Waals surface area contributed by atoms with Crippen molar-refractivity contribution < 1.29 is 9.53 Å². The Bertz CT molecular complexity index is 483. The van der Waals surface area contributed by atoms with Crippen LogP contribution in [0.15, 0.2) is 24.3 Å². The molecule has 2 aliphatic heterocycles. The van der Waals surface area contributed by atoms with E-state index < -0.39 is 0 Å². The summed E-state index contributed by atoms with van der Waals surface area (Å²) in [4.78, 5) is 14.4. The topological polar surface area (TPSA) is 55.6 Å². The van der Waals surface area contributed by atoms with E-state index in [9.17, 15) is 4.79 Å². The average molecular weight is 274 g/mol. The van der Waals surface area contributed by atoms with Gasteiger partial charge in [-0.15, -0.1) is 0 Å². The minimum Gasteiger partial charge on any atom is -0.378 e. The maximum Gasteiger partial charge on any atom is 0.229 e. The molecule has 2 unspecified atom stereocenters. The number of benzene rings is 1. The van der Waals surface area contributed by atoms with Gasteiger partial charge in [-0.1, -0.05) is 18.2 Å². The molecule has 1 amide bonds. The van der Waals surface area contributed by atoms with Crippen molar-refractivity contribution >= 4 is 11.6 Å². The van der Waals surface area contributed by atoms with Gasteiger partial charge in [-0.3, -0.25) is 4.79 Å². The first-order chi connectivity index (χ1) is 9.74. The number of amides is 1. The van der Waals surface area contributed by atoms with E-state index in [-0.39, 0.29) is 18.1 Å². The first-order valence-electron chi connectivity index (χ1n) is 7.49. The molecule has 0 bridgehead atoms. The molecule has 0 radical (unpaired) electrons. The third-order valence-electron chi connectivity index (χ3n) is 4.16. The van der Waals surface area contributed by atoms with Crippen molar-refractivity contribution in [3.8, 4) is 0 Å². The highest BCUT2D eigenvalue weighted by Crippen LogP contribution is 2.28. The van der Waals surface area contributed by atoms with Gasteiger partial charge in [0.25, 0.3) is 0 Å². The third kappa shape index (κ3) is 2.86. The Morgan fingerprint density at radius 3 is 3.00 bits per heavy atom. The molecule has 1 aromatic rings. The van der Waals surface area contributed by atoms with E-state index in [0.717, 1.165) is 38.0 Å². The number of carbonyl (C=O) groups excluding carboxylic acids is 1. The van der Waals surface area contributed by atoms with Crippen LogP contribution >= 0.6 is 0 Å². The number of fused-ring (bicyclic) bond motifs is 1. The fourth-order valence-electron chi connectivity index (χ4n) is 3.14. The minimum atomic E-state index is 0.0288. The van der Waals surface area contributed by atoms with E-state index >= 15 is 0 Å². The van der Waals surface area contributed by atoms with Gasteiger partial charge in [-0.2, -0.15) is 0 Å². The molecule has 0 aliphatic carbocycles. The average Bonchev–Trinajstić information content (AvgIpc) is 2.47. The number of rotatable bonds is 2. The molecule has 1 fully saturated rings. The van der Waals surface area contributed by atoms with Crippen LogP contribution in [0.25, 0.3) is 0 Å². The molecule has 0 spiro atoms. The summed E-state index contributed by atoms with van der Waals surface area (Å²) in [5.74, 6) is 0.138. The number of ether oxygens (including phenoxy) is 1. The first-order valence-corrected chi connectivity index (χ1v) is 7.49. The normalized spacial score (nSPS) is 26.1. The molecule has 4 nitrogen and oxygen atoms in total. The number of nitrogens with two attached hydrogens (primary N) is 1. The van der Waals surface area contributed by atoms with Crippen LogP contribution in [0.3, 0.4) is 0 Å². The molecule has 0 aromatic heterocycles. The van der Waals surface area contributed by atoms with Gasteiger partial charge in [0.1, 0.15) is 0 Å². The van der Waals surface area contributed by atoms with Gasteiger partial charge in [0.05, 0.1) is 12.5 Å². The molecule has 1 saturated heterocycles. The molecular weight excluding hydrogens is 252 g/mol. The lowest BCUT2D eigenvalue weighted by atomic mass is 9.97. The zero-order chi connectivity index (χ0) is 13.9. The van der Waals surface area contributed by atoms with Crippen molar-refractivity contribution in [1.82, 2.24) is 0 Å². The van der Waals surface area contributed by atoms with E-state index in [1.54, 1.807) is 0 Å². The third-order valence-corrected chi connectivity index (χ3v) is 4.16. The van der Waals surface area contributed by atoms with Gasteiger partial charge in [-0.25, -0.2) is 0 Å². The molecule has 2 aliphatic rings. The van der Waals surface area contributed by atoms with Crippen molar-refractivity contribution in [2.45, 2.75) is 44.2 Å². The van der Waals surface area contributed by atoms with Gasteiger partial charge in [0.15, 0.2) is 0 Å². The molecule has 0 saturated carbocycles. The monoisotopic (exact) mass is 274 g/mol. The Balaban J connectivity index is 1.74. The number of para-hydroxylation sites is 1. The summed E-state index contributed by atoms with van der Waals surface area (Å²) in [5.41, 5.74) is 8.28. The Hall–Kier alpha value is -1.39. The number of anilines is 1. The van der Waals surface area contributed by atoms with Crippen LogP contribution in [0.2, 0.25) is 0 Å². The highest BCUT2D eigenvalue weighted by Gasteiger charge is 2.28. The Morgan fingerprint density at radius 1 is 1.35 bits per heavy atom. The van der Waals surface area contributed by atoms with E-state index in [4.69, 9.17) is 10.5 Å². The molecule has 3 rings (SSSR count). The van der Waals surface area contributed by atoms with Gasteiger partial charge in [0.2, 0.25) is 5.91 Å². The van der Waals surface area contributed by atoms with Crippen LogP contribution in [0.4, 0.5) is 5.69 Å². The van der Waals surface area contributed by atoms with Crippen LogP contribution in [-0.2, 0) is 16.0 Å². The molecule has 20 heavy (non-hydrogen) atoms. The lowest BCUT2D eigenvalue weighted by Crippen LogP contribution is -2.47. The van der Waals surface area contributed by atoms with Crippen LogP contribution in [0.1, 0.15) is 31.2 Å². The molecule has 4 heteroatoms. The van der Waals surface area contributed by atoms with Crippen LogP contribution in [-0.4, -0.2) is 31.2 Å². The maximum atomic E-state index is 12.6. The van der Waals surface area contributed by atoms with E-state index in [1.165, 1.54) is 5.56 Å². The Kier molecular flexibility index (Phi) is 4.03. The van der Waals surface area contributed by atoms with Crippen molar-refractivity contribution in [3.63, 3.8) is 0 Å². The summed E-state index contributed by atoms with van der Waals surface area (Å²) < 4.78 is 5.68. The summed E-state index contributed by atoms with van der Waals surface area (Å²) >= 11 is 0. The highest BCUT2D eigenvalue weighted by atomic mass is 16.5. The molecule has 2 N–H and O–H groups in total. The second-order valence-electron chi connectivity index (χ2n) is 5.79. The van der Waals surface area contributed by atoms with E-state index in [0.29, 0.717) is 13.0 Å². The van der Waals surface area contributed by atoms with Crippen molar-refractivity contribution in [2.24, 2.45) is 5.73 Å². The summed E-state index contributed by atoms with van der Waals surface area (Å²) in [6.45, 7) is 1.40. The highest BCUT2D eigenvalue weighted by molar-refractivity contribution is 5.95. The standard InChI is InChI=1S/C16H22N2O2/c17-13-9-12-5-1-2-7-15(12)18(11-13)16(19)10-14-6-3-4-8-20-14/h1-2,5,7,13-14H,3-4,6,8-11,17H2. The van der Waals surface area contributed by atoms with Crippen molar-refractivity contribution in [3.05, 3.63) is 29.8 Å². The molecule has 2 heterocycles. The summed E-state index contributed by atoms with van der Waals surface area (Å²) in [6.07, 6.45) is 4.67. The number of carbonyl (C=O) groups is 1. The number of nitrogens with zero attached hydrogens (tertiary/aromatic N) is 1.